The van der Waals surface area contributed by atoms with Gasteiger partial charge < -0.3 is 5.11 Å². The summed E-state index contributed by atoms with van der Waals surface area (Å²) >= 11 is 0. The monoisotopic (exact) mass is 363 g/mol. The van der Waals surface area contributed by atoms with E-state index in [4.69, 9.17) is 0 Å². The van der Waals surface area contributed by atoms with Crippen LogP contribution in [0.25, 0.3) is 10.8 Å². The highest BCUT2D eigenvalue weighted by atomic mass is 79.9. The van der Waals surface area contributed by atoms with Gasteiger partial charge in [-0.25, -0.2) is 0 Å². The van der Waals surface area contributed by atoms with Gasteiger partial charge in [-0.15, -0.1) is 17.0 Å². The third kappa shape index (κ3) is 3.16. The number of aromatic hydroxyl groups is 1. The Hall–Kier alpha value is -1.06. The van der Waals surface area contributed by atoms with E-state index in [9.17, 15) is 5.11 Å². The van der Waals surface area contributed by atoms with Crippen molar-refractivity contribution in [1.29, 1.82) is 0 Å². The van der Waals surface area contributed by atoms with E-state index < -0.39 is 0 Å². The standard InChI is InChI=1S/C19H25NO.BrH/c1-3-10-20(11-4-2)16-12-15-7-5-6-14-8-9-18(21)17(13-16)19(14)15;/h5-9,16,21H,3-4,10-13H2,1-2H3;1H. The summed E-state index contributed by atoms with van der Waals surface area (Å²) < 4.78 is 0. The first-order valence-electron chi connectivity index (χ1n) is 8.21. The normalized spacial score (nSPS) is 16.8. The molecule has 0 saturated carbocycles. The van der Waals surface area contributed by atoms with Crippen LogP contribution in [0.3, 0.4) is 0 Å². The van der Waals surface area contributed by atoms with Crippen LogP contribution in [-0.4, -0.2) is 29.1 Å². The van der Waals surface area contributed by atoms with Crippen molar-refractivity contribution >= 4 is 27.8 Å². The molecular weight excluding hydrogens is 338 g/mol. The van der Waals surface area contributed by atoms with Crippen LogP contribution in [-0.2, 0) is 12.8 Å². The molecule has 3 rings (SSSR count). The SMILES string of the molecule is Br.CCCN(CCC)C1Cc2cccc3ccc(O)c(c23)C1. The van der Waals surface area contributed by atoms with E-state index in [-0.39, 0.29) is 17.0 Å². The van der Waals surface area contributed by atoms with Gasteiger partial charge in [0, 0.05) is 11.6 Å². The van der Waals surface area contributed by atoms with Crippen molar-refractivity contribution in [2.45, 2.75) is 45.6 Å². The molecule has 0 aromatic heterocycles. The van der Waals surface area contributed by atoms with Crippen molar-refractivity contribution in [3.05, 3.63) is 41.5 Å². The van der Waals surface area contributed by atoms with Crippen LogP contribution in [0.2, 0.25) is 0 Å². The Bertz CT molecular complexity index is 635. The summed E-state index contributed by atoms with van der Waals surface area (Å²) in [6, 6.07) is 10.9. The molecule has 0 fully saturated rings. The number of rotatable bonds is 5. The van der Waals surface area contributed by atoms with Gasteiger partial charge >= 0.3 is 0 Å². The third-order valence-corrected chi connectivity index (χ3v) is 4.65. The predicted molar refractivity (Wildman–Crippen MR) is 99.3 cm³/mol. The lowest BCUT2D eigenvalue weighted by molar-refractivity contribution is 0.191. The van der Waals surface area contributed by atoms with E-state index in [1.807, 2.05) is 12.1 Å². The summed E-state index contributed by atoms with van der Waals surface area (Å²) in [4.78, 5) is 2.61. The predicted octanol–water partition coefficient (Wildman–Crippen LogP) is 4.71. The van der Waals surface area contributed by atoms with Gasteiger partial charge in [0.25, 0.3) is 0 Å². The lowest BCUT2D eigenvalue weighted by Gasteiger charge is -2.35. The van der Waals surface area contributed by atoms with E-state index in [0.29, 0.717) is 11.8 Å². The van der Waals surface area contributed by atoms with Crippen LogP contribution >= 0.6 is 17.0 Å². The number of hydrogen-bond donors (Lipinski definition) is 1. The van der Waals surface area contributed by atoms with E-state index in [1.54, 1.807) is 0 Å². The summed E-state index contributed by atoms with van der Waals surface area (Å²) in [6.45, 7) is 6.80. The first-order valence-corrected chi connectivity index (χ1v) is 8.21. The number of phenolic OH excluding ortho intramolecular Hbond substituents is 1. The molecule has 1 aliphatic carbocycles. The van der Waals surface area contributed by atoms with Crippen LogP contribution < -0.4 is 0 Å². The highest BCUT2D eigenvalue weighted by Crippen LogP contribution is 2.36. The van der Waals surface area contributed by atoms with E-state index in [0.717, 1.165) is 31.5 Å². The Morgan fingerprint density at radius 3 is 2.45 bits per heavy atom. The molecule has 0 saturated heterocycles. The molecule has 0 bridgehead atoms. The van der Waals surface area contributed by atoms with Crippen molar-refractivity contribution in [2.75, 3.05) is 13.1 Å². The molecule has 1 atom stereocenters. The molecule has 22 heavy (non-hydrogen) atoms. The van der Waals surface area contributed by atoms with Gasteiger partial charge in [0.15, 0.2) is 0 Å². The van der Waals surface area contributed by atoms with Gasteiger partial charge in [-0.3, -0.25) is 4.90 Å². The van der Waals surface area contributed by atoms with Crippen molar-refractivity contribution in [1.82, 2.24) is 4.90 Å². The fraction of sp³-hybridized carbons (Fsp3) is 0.474. The number of hydrogen-bond acceptors (Lipinski definition) is 2. The molecule has 1 unspecified atom stereocenters. The largest absolute Gasteiger partial charge is 0.508 e. The Morgan fingerprint density at radius 2 is 1.77 bits per heavy atom. The number of phenols is 1. The van der Waals surface area contributed by atoms with Crippen LogP contribution in [0, 0.1) is 0 Å². The summed E-state index contributed by atoms with van der Waals surface area (Å²) in [5.41, 5.74) is 2.54. The minimum Gasteiger partial charge on any atom is -0.508 e. The summed E-state index contributed by atoms with van der Waals surface area (Å²) in [7, 11) is 0. The summed E-state index contributed by atoms with van der Waals surface area (Å²) in [6.07, 6.45) is 4.45. The molecule has 0 heterocycles. The van der Waals surface area contributed by atoms with Gasteiger partial charge in [0.2, 0.25) is 0 Å². The number of halogens is 1. The molecule has 120 valence electrons. The van der Waals surface area contributed by atoms with Crippen LogP contribution in [0.1, 0.15) is 37.8 Å². The van der Waals surface area contributed by atoms with Gasteiger partial charge in [0.1, 0.15) is 5.75 Å². The van der Waals surface area contributed by atoms with Crippen molar-refractivity contribution in [2.24, 2.45) is 0 Å². The van der Waals surface area contributed by atoms with Gasteiger partial charge in [0.05, 0.1) is 0 Å². The number of nitrogens with zero attached hydrogens (tertiary/aromatic N) is 1. The second kappa shape index (κ2) is 7.47. The molecule has 0 amide bonds. The maximum absolute atomic E-state index is 10.3. The van der Waals surface area contributed by atoms with Crippen LogP contribution in [0.15, 0.2) is 30.3 Å². The average Bonchev–Trinajstić information content (AvgIpc) is 2.50. The summed E-state index contributed by atoms with van der Waals surface area (Å²) in [5, 5.41) is 12.9. The Morgan fingerprint density at radius 1 is 1.05 bits per heavy atom. The smallest absolute Gasteiger partial charge is 0.119 e. The fourth-order valence-electron chi connectivity index (χ4n) is 3.77. The molecule has 3 heteroatoms. The zero-order valence-corrected chi connectivity index (χ0v) is 15.2. The van der Waals surface area contributed by atoms with Crippen LogP contribution in [0.4, 0.5) is 0 Å². The minimum atomic E-state index is 0. The molecule has 0 aliphatic heterocycles. The van der Waals surface area contributed by atoms with Crippen LogP contribution in [0.5, 0.6) is 5.75 Å². The molecule has 0 radical (unpaired) electrons. The fourth-order valence-corrected chi connectivity index (χ4v) is 3.77. The molecular formula is C19H26BrNO. The molecule has 1 aliphatic rings. The van der Waals surface area contributed by atoms with Gasteiger partial charge in [-0.05, 0) is 61.2 Å². The topological polar surface area (TPSA) is 23.5 Å². The van der Waals surface area contributed by atoms with Crippen molar-refractivity contribution < 1.29 is 5.11 Å². The Kier molecular flexibility index (Phi) is 5.87. The molecule has 2 nitrogen and oxygen atoms in total. The zero-order chi connectivity index (χ0) is 14.8. The first-order chi connectivity index (χ1) is 10.2. The highest BCUT2D eigenvalue weighted by Gasteiger charge is 2.26. The van der Waals surface area contributed by atoms with Crippen molar-refractivity contribution in [3.8, 4) is 5.75 Å². The maximum Gasteiger partial charge on any atom is 0.119 e. The first kappa shape index (κ1) is 17.3. The quantitative estimate of drug-likeness (QED) is 0.830. The van der Waals surface area contributed by atoms with Gasteiger partial charge in [-0.2, -0.15) is 0 Å². The summed E-state index contributed by atoms with van der Waals surface area (Å²) in [5.74, 6) is 0.465. The maximum atomic E-state index is 10.3. The molecule has 0 spiro atoms. The Labute approximate surface area is 143 Å². The second-order valence-electron chi connectivity index (χ2n) is 6.18. The lowest BCUT2D eigenvalue weighted by atomic mass is 9.84. The van der Waals surface area contributed by atoms with E-state index >= 15 is 0 Å². The van der Waals surface area contributed by atoms with Crippen molar-refractivity contribution in [3.63, 3.8) is 0 Å². The molecule has 1 N–H and O–H groups in total. The van der Waals surface area contributed by atoms with E-state index in [1.165, 1.54) is 29.2 Å². The molecule has 2 aromatic carbocycles. The lowest BCUT2D eigenvalue weighted by Crippen LogP contribution is -2.41. The highest BCUT2D eigenvalue weighted by molar-refractivity contribution is 8.93. The minimum absolute atomic E-state index is 0. The van der Waals surface area contributed by atoms with Gasteiger partial charge in [-0.1, -0.05) is 38.1 Å². The molecule has 2 aromatic rings. The third-order valence-electron chi connectivity index (χ3n) is 4.65. The number of benzene rings is 2. The average molecular weight is 364 g/mol. The zero-order valence-electron chi connectivity index (χ0n) is 13.5. The van der Waals surface area contributed by atoms with E-state index in [2.05, 4.69) is 36.9 Å². The second-order valence-corrected chi connectivity index (χ2v) is 6.18. The Balaban J connectivity index is 0.00000176.